The molecule has 0 aliphatic carbocycles. The van der Waals surface area contributed by atoms with E-state index < -0.39 is 35.7 Å². The molecule has 7 nitrogen and oxygen atoms in total. The van der Waals surface area contributed by atoms with Crippen LogP contribution in [0.25, 0.3) is 6.08 Å². The third kappa shape index (κ3) is 7.25. The van der Waals surface area contributed by atoms with Gasteiger partial charge in [-0.2, -0.15) is 0 Å². The maximum absolute atomic E-state index is 13.0. The van der Waals surface area contributed by atoms with E-state index in [2.05, 4.69) is 5.32 Å². The molecule has 8 heteroatoms. The number of rotatable bonds is 7. The van der Waals surface area contributed by atoms with Crippen molar-refractivity contribution in [3.63, 3.8) is 0 Å². The number of ether oxygens (including phenoxy) is 1. The van der Waals surface area contributed by atoms with Gasteiger partial charge < -0.3 is 19.4 Å². The van der Waals surface area contributed by atoms with Crippen molar-refractivity contribution in [3.8, 4) is 0 Å². The highest BCUT2D eigenvalue weighted by Crippen LogP contribution is 2.15. The number of carbonyl (C=O) groups excluding carboxylic acids is 3. The van der Waals surface area contributed by atoms with Gasteiger partial charge in [0.2, 0.25) is 5.91 Å². The Morgan fingerprint density at radius 1 is 1.17 bits per heavy atom. The molecule has 0 bridgehead atoms. The number of esters is 1. The van der Waals surface area contributed by atoms with Gasteiger partial charge in [-0.25, -0.2) is 9.18 Å². The molecule has 1 aromatic heterocycles. The van der Waals surface area contributed by atoms with Gasteiger partial charge in [0.25, 0.3) is 5.91 Å². The summed E-state index contributed by atoms with van der Waals surface area (Å²) in [7, 11) is 0. The van der Waals surface area contributed by atoms with Crippen LogP contribution in [0.4, 0.5) is 10.1 Å². The summed E-state index contributed by atoms with van der Waals surface area (Å²) in [6, 6.07) is 8.62. The van der Waals surface area contributed by atoms with Crippen molar-refractivity contribution in [3.05, 3.63) is 60.3 Å². The molecule has 0 aliphatic heterocycles. The molecule has 0 spiro atoms. The van der Waals surface area contributed by atoms with Gasteiger partial charge in [0, 0.05) is 17.3 Å². The van der Waals surface area contributed by atoms with E-state index in [9.17, 15) is 18.8 Å². The van der Waals surface area contributed by atoms with Crippen molar-refractivity contribution in [2.24, 2.45) is 0 Å². The number of nitrogens with zero attached hydrogens (tertiary/aromatic N) is 1. The molecule has 154 valence electrons. The van der Waals surface area contributed by atoms with Gasteiger partial charge in [0.1, 0.15) is 18.1 Å². The minimum atomic E-state index is -0.709. The molecule has 1 aromatic carbocycles. The van der Waals surface area contributed by atoms with Crippen molar-refractivity contribution in [2.45, 2.75) is 26.3 Å². The van der Waals surface area contributed by atoms with E-state index in [1.807, 2.05) is 0 Å². The summed E-state index contributed by atoms with van der Waals surface area (Å²) in [5, 5.41) is 2.60. The number of benzene rings is 1. The minimum Gasteiger partial charge on any atom is -0.465 e. The lowest BCUT2D eigenvalue weighted by atomic mass is 10.1. The van der Waals surface area contributed by atoms with E-state index in [1.54, 1.807) is 32.9 Å². The van der Waals surface area contributed by atoms with Gasteiger partial charge in [-0.1, -0.05) is 0 Å². The monoisotopic (exact) mass is 402 g/mol. The molecule has 1 heterocycles. The Labute approximate surface area is 168 Å². The highest BCUT2D eigenvalue weighted by molar-refractivity contribution is 5.95. The molecular weight excluding hydrogens is 379 g/mol. The van der Waals surface area contributed by atoms with Crippen LogP contribution in [0.5, 0.6) is 0 Å². The molecule has 1 N–H and O–H groups in total. The second-order valence-corrected chi connectivity index (χ2v) is 7.16. The van der Waals surface area contributed by atoms with Gasteiger partial charge in [-0.3, -0.25) is 9.59 Å². The van der Waals surface area contributed by atoms with Gasteiger partial charge in [-0.05, 0) is 63.2 Å². The molecule has 0 atom stereocenters. The second-order valence-electron chi connectivity index (χ2n) is 7.16. The van der Waals surface area contributed by atoms with Crippen molar-refractivity contribution >= 4 is 29.5 Å². The van der Waals surface area contributed by atoms with Crippen LogP contribution in [0.3, 0.4) is 0 Å². The summed E-state index contributed by atoms with van der Waals surface area (Å²) >= 11 is 0. The predicted octanol–water partition coefficient (Wildman–Crippen LogP) is 3.24. The van der Waals surface area contributed by atoms with E-state index in [4.69, 9.17) is 9.15 Å². The average molecular weight is 402 g/mol. The number of nitrogens with one attached hydrogen (secondary N) is 1. The number of anilines is 1. The number of carbonyl (C=O) groups is 3. The molecule has 0 fully saturated rings. The smallest absolute Gasteiger partial charge is 0.331 e. The summed E-state index contributed by atoms with van der Waals surface area (Å²) in [6.07, 6.45) is 4.03. The third-order valence-corrected chi connectivity index (χ3v) is 3.81. The molecule has 0 saturated heterocycles. The quantitative estimate of drug-likeness (QED) is 0.567. The molecule has 2 rings (SSSR count). The molecule has 0 saturated carbocycles. The lowest BCUT2D eigenvalue weighted by Crippen LogP contribution is -2.50. The topological polar surface area (TPSA) is 88.9 Å². The Hall–Kier alpha value is -3.42. The van der Waals surface area contributed by atoms with Crippen LogP contribution in [0.15, 0.2) is 53.2 Å². The largest absolute Gasteiger partial charge is 0.465 e. The van der Waals surface area contributed by atoms with Crippen molar-refractivity contribution in [2.75, 3.05) is 18.5 Å². The maximum Gasteiger partial charge on any atom is 0.331 e. The highest BCUT2D eigenvalue weighted by atomic mass is 19.1. The van der Waals surface area contributed by atoms with Crippen LogP contribution in [0.1, 0.15) is 26.5 Å². The number of hydrogen-bond donors (Lipinski definition) is 1. The Bertz CT molecular complexity index is 867. The van der Waals surface area contributed by atoms with Gasteiger partial charge in [0.15, 0.2) is 6.61 Å². The van der Waals surface area contributed by atoms with Gasteiger partial charge in [0.05, 0.1) is 6.26 Å². The number of furan rings is 1. The van der Waals surface area contributed by atoms with Crippen LogP contribution in [-0.2, 0) is 19.1 Å². The summed E-state index contributed by atoms with van der Waals surface area (Å²) < 4.78 is 23.0. The fourth-order valence-corrected chi connectivity index (χ4v) is 2.37. The Kier molecular flexibility index (Phi) is 7.30. The molecule has 29 heavy (non-hydrogen) atoms. The SMILES string of the molecule is CC(C)(C)N(CC(=O)Nc1ccc(F)cc1)C(=O)COC(=O)/C=C/c1ccco1. The zero-order chi connectivity index (χ0) is 21.4. The molecule has 0 radical (unpaired) electrons. The average Bonchev–Trinajstić information content (AvgIpc) is 3.17. The Morgan fingerprint density at radius 3 is 2.45 bits per heavy atom. The summed E-state index contributed by atoms with van der Waals surface area (Å²) in [5.74, 6) is -1.63. The zero-order valence-corrected chi connectivity index (χ0v) is 16.5. The molecule has 0 unspecified atom stereocenters. The van der Waals surface area contributed by atoms with E-state index >= 15 is 0 Å². The first kappa shape index (κ1) is 21.9. The number of hydrogen-bond acceptors (Lipinski definition) is 5. The molecule has 2 amide bonds. The normalized spacial score (nSPS) is 11.3. The van der Waals surface area contributed by atoms with E-state index in [0.29, 0.717) is 11.4 Å². The lowest BCUT2D eigenvalue weighted by molar-refractivity contribution is -0.151. The fraction of sp³-hybridized carbons (Fsp3) is 0.286. The Morgan fingerprint density at radius 2 is 1.86 bits per heavy atom. The second kappa shape index (κ2) is 9.68. The zero-order valence-electron chi connectivity index (χ0n) is 16.5. The first-order valence-electron chi connectivity index (χ1n) is 8.89. The fourth-order valence-electron chi connectivity index (χ4n) is 2.37. The van der Waals surface area contributed by atoms with Crippen LogP contribution < -0.4 is 5.32 Å². The van der Waals surface area contributed by atoms with Crippen molar-refractivity contribution in [1.29, 1.82) is 0 Å². The summed E-state index contributed by atoms with van der Waals surface area (Å²) in [6.45, 7) is 4.51. The van der Waals surface area contributed by atoms with Crippen LogP contribution in [0, 0.1) is 5.82 Å². The standard InChI is InChI=1S/C21H23FN2O5/c1-21(2,3)24(13-18(25)23-16-8-6-15(22)7-9-16)19(26)14-29-20(27)11-10-17-5-4-12-28-17/h4-12H,13-14H2,1-3H3,(H,23,25)/b11-10+. The van der Waals surface area contributed by atoms with E-state index in [-0.39, 0.29) is 6.54 Å². The maximum atomic E-state index is 13.0. The van der Waals surface area contributed by atoms with Crippen LogP contribution >= 0.6 is 0 Å². The molecule has 0 aliphatic rings. The molecular formula is C21H23FN2O5. The van der Waals surface area contributed by atoms with E-state index in [0.717, 1.165) is 6.08 Å². The number of amides is 2. The first-order chi connectivity index (χ1) is 13.6. The number of halogens is 1. The Balaban J connectivity index is 1.92. The molecule has 2 aromatic rings. The first-order valence-corrected chi connectivity index (χ1v) is 8.89. The van der Waals surface area contributed by atoms with Gasteiger partial charge in [-0.15, -0.1) is 0 Å². The van der Waals surface area contributed by atoms with Crippen LogP contribution in [0.2, 0.25) is 0 Å². The minimum absolute atomic E-state index is 0.251. The van der Waals surface area contributed by atoms with Crippen molar-refractivity contribution < 1.29 is 27.9 Å². The lowest BCUT2D eigenvalue weighted by Gasteiger charge is -2.35. The van der Waals surface area contributed by atoms with Crippen molar-refractivity contribution in [1.82, 2.24) is 4.90 Å². The summed E-state index contributed by atoms with van der Waals surface area (Å²) in [4.78, 5) is 37.9. The predicted molar refractivity (Wildman–Crippen MR) is 105 cm³/mol. The van der Waals surface area contributed by atoms with Crippen LogP contribution in [-0.4, -0.2) is 41.4 Å². The van der Waals surface area contributed by atoms with E-state index in [1.165, 1.54) is 41.5 Å². The summed E-state index contributed by atoms with van der Waals surface area (Å²) in [5.41, 5.74) is -0.277. The third-order valence-electron chi connectivity index (χ3n) is 3.81. The van der Waals surface area contributed by atoms with Gasteiger partial charge >= 0.3 is 5.97 Å². The highest BCUT2D eigenvalue weighted by Gasteiger charge is 2.29.